The zero-order chi connectivity index (χ0) is 11.5. The quantitative estimate of drug-likeness (QED) is 0.869. The number of halogens is 3. The van der Waals surface area contributed by atoms with E-state index in [9.17, 15) is 8.42 Å². The van der Waals surface area contributed by atoms with Crippen LogP contribution in [-0.4, -0.2) is 21.5 Å². The molecular formula is C8H11BrCl2N2O2S. The molecule has 0 aliphatic rings. The second-order valence-corrected chi connectivity index (χ2v) is 5.70. The highest BCUT2D eigenvalue weighted by Gasteiger charge is 2.20. The molecule has 1 rings (SSSR count). The Labute approximate surface area is 114 Å². The van der Waals surface area contributed by atoms with Crippen molar-refractivity contribution in [1.82, 2.24) is 4.72 Å². The van der Waals surface area contributed by atoms with E-state index < -0.39 is 10.0 Å². The lowest BCUT2D eigenvalue weighted by atomic mass is 10.4. The number of rotatable bonds is 4. The summed E-state index contributed by atoms with van der Waals surface area (Å²) >= 11 is 8.95. The molecule has 0 bridgehead atoms. The van der Waals surface area contributed by atoms with Gasteiger partial charge in [0.2, 0.25) is 10.0 Å². The number of hydrogen-bond donors (Lipinski definition) is 2. The van der Waals surface area contributed by atoms with Crippen molar-refractivity contribution in [2.45, 2.75) is 4.90 Å². The molecule has 4 nitrogen and oxygen atoms in total. The van der Waals surface area contributed by atoms with Gasteiger partial charge in [-0.15, -0.1) is 12.4 Å². The van der Waals surface area contributed by atoms with Gasteiger partial charge in [0.1, 0.15) is 4.90 Å². The van der Waals surface area contributed by atoms with Crippen molar-refractivity contribution >= 4 is 50.0 Å². The molecule has 8 heteroatoms. The Kier molecular flexibility index (Phi) is 6.84. The Balaban J connectivity index is 0.00000225. The number of nitrogens with one attached hydrogen (secondary N) is 1. The number of nitrogens with two attached hydrogens (primary N) is 1. The van der Waals surface area contributed by atoms with E-state index in [1.807, 2.05) is 0 Å². The Bertz CT molecular complexity index is 433. The van der Waals surface area contributed by atoms with Crippen molar-refractivity contribution in [2.24, 2.45) is 5.73 Å². The van der Waals surface area contributed by atoms with Gasteiger partial charge in [-0.1, -0.05) is 17.7 Å². The van der Waals surface area contributed by atoms with Gasteiger partial charge in [-0.05, 0) is 28.1 Å². The Hall–Kier alpha value is 0.150. The highest BCUT2D eigenvalue weighted by atomic mass is 79.9. The molecule has 0 saturated heterocycles. The topological polar surface area (TPSA) is 72.2 Å². The summed E-state index contributed by atoms with van der Waals surface area (Å²) in [6.07, 6.45) is 0. The maximum Gasteiger partial charge on any atom is 0.243 e. The maximum atomic E-state index is 11.8. The van der Waals surface area contributed by atoms with Crippen LogP contribution in [0, 0.1) is 0 Å². The van der Waals surface area contributed by atoms with Crippen molar-refractivity contribution in [1.29, 1.82) is 0 Å². The summed E-state index contributed by atoms with van der Waals surface area (Å²) in [6, 6.07) is 4.79. The predicted octanol–water partition coefficient (Wildman–Crippen LogP) is 1.76. The first kappa shape index (κ1) is 16.1. The van der Waals surface area contributed by atoms with Crippen LogP contribution in [0.4, 0.5) is 0 Å². The first-order chi connectivity index (χ1) is 6.99. The Morgan fingerprint density at radius 3 is 2.56 bits per heavy atom. The molecule has 0 amide bonds. The maximum absolute atomic E-state index is 11.8. The molecule has 0 saturated carbocycles. The average Bonchev–Trinajstić information content (AvgIpc) is 2.14. The molecule has 16 heavy (non-hydrogen) atoms. The van der Waals surface area contributed by atoms with Crippen LogP contribution >= 0.6 is 39.9 Å². The summed E-state index contributed by atoms with van der Waals surface area (Å²) in [5.74, 6) is 0. The van der Waals surface area contributed by atoms with Crippen LogP contribution in [0.1, 0.15) is 0 Å². The normalized spacial score (nSPS) is 10.9. The van der Waals surface area contributed by atoms with Crippen LogP contribution in [0.25, 0.3) is 0 Å². The third-order valence-corrected chi connectivity index (χ3v) is 4.54. The molecule has 0 heterocycles. The summed E-state index contributed by atoms with van der Waals surface area (Å²) in [4.78, 5) is 0.0418. The zero-order valence-electron chi connectivity index (χ0n) is 8.11. The number of hydrogen-bond acceptors (Lipinski definition) is 3. The fraction of sp³-hybridized carbons (Fsp3) is 0.250. The summed E-state index contributed by atoms with van der Waals surface area (Å²) in [5, 5.41) is 0.175. The minimum Gasteiger partial charge on any atom is -0.329 e. The average molecular weight is 350 g/mol. The smallest absolute Gasteiger partial charge is 0.243 e. The lowest BCUT2D eigenvalue weighted by molar-refractivity contribution is 0.582. The molecule has 0 fully saturated rings. The van der Waals surface area contributed by atoms with Crippen LogP contribution < -0.4 is 10.5 Å². The largest absolute Gasteiger partial charge is 0.329 e. The van der Waals surface area contributed by atoms with E-state index in [0.717, 1.165) is 0 Å². The molecule has 0 unspecified atom stereocenters. The number of sulfonamides is 1. The molecule has 0 atom stereocenters. The standard InChI is InChI=1S/C8H10BrClN2O2S.ClH/c9-6-2-1-3-7(10)8(6)15(13,14)12-5-4-11;/h1-3,12H,4-5,11H2;1H. The molecule has 1 aromatic rings. The fourth-order valence-corrected chi connectivity index (χ4v) is 3.78. The van der Waals surface area contributed by atoms with Crippen LogP contribution in [0.15, 0.2) is 27.6 Å². The highest BCUT2D eigenvalue weighted by Crippen LogP contribution is 2.28. The molecule has 0 radical (unpaired) electrons. The molecule has 0 aromatic heterocycles. The highest BCUT2D eigenvalue weighted by molar-refractivity contribution is 9.10. The van der Waals surface area contributed by atoms with Crippen molar-refractivity contribution in [3.05, 3.63) is 27.7 Å². The van der Waals surface area contributed by atoms with Gasteiger partial charge < -0.3 is 5.73 Å². The van der Waals surface area contributed by atoms with E-state index in [-0.39, 0.29) is 35.4 Å². The third-order valence-electron chi connectivity index (χ3n) is 1.62. The minimum atomic E-state index is -3.59. The summed E-state index contributed by atoms with van der Waals surface area (Å²) in [7, 11) is -3.59. The SMILES string of the molecule is Cl.NCCNS(=O)(=O)c1c(Cl)cccc1Br. The Morgan fingerprint density at radius 1 is 1.44 bits per heavy atom. The van der Waals surface area contributed by atoms with Gasteiger partial charge >= 0.3 is 0 Å². The zero-order valence-corrected chi connectivity index (χ0v) is 12.1. The first-order valence-electron chi connectivity index (χ1n) is 4.13. The van der Waals surface area contributed by atoms with Crippen molar-refractivity contribution < 1.29 is 8.42 Å². The summed E-state index contributed by atoms with van der Waals surface area (Å²) in [6.45, 7) is 0.418. The Morgan fingerprint density at radius 2 is 2.06 bits per heavy atom. The monoisotopic (exact) mass is 348 g/mol. The van der Waals surface area contributed by atoms with Gasteiger partial charge in [-0.2, -0.15) is 0 Å². The molecule has 0 aliphatic carbocycles. The van der Waals surface area contributed by atoms with Crippen molar-refractivity contribution in [2.75, 3.05) is 13.1 Å². The second kappa shape index (κ2) is 6.78. The van der Waals surface area contributed by atoms with Crippen molar-refractivity contribution in [3.8, 4) is 0 Å². The van der Waals surface area contributed by atoms with Crippen LogP contribution in [0.3, 0.4) is 0 Å². The summed E-state index contributed by atoms with van der Waals surface area (Å²) in [5.41, 5.74) is 5.22. The van der Waals surface area contributed by atoms with E-state index in [0.29, 0.717) is 4.47 Å². The summed E-state index contributed by atoms with van der Waals surface area (Å²) < 4.78 is 26.3. The van der Waals surface area contributed by atoms with Gasteiger partial charge in [0.05, 0.1) is 5.02 Å². The molecule has 0 aliphatic heterocycles. The van der Waals surface area contributed by atoms with Crippen LogP contribution in [0.2, 0.25) is 5.02 Å². The van der Waals surface area contributed by atoms with E-state index in [4.69, 9.17) is 17.3 Å². The fourth-order valence-electron chi connectivity index (χ4n) is 1.00. The van der Waals surface area contributed by atoms with E-state index in [1.54, 1.807) is 12.1 Å². The first-order valence-corrected chi connectivity index (χ1v) is 6.78. The van der Waals surface area contributed by atoms with Gasteiger partial charge in [0.25, 0.3) is 0 Å². The van der Waals surface area contributed by atoms with Crippen LogP contribution in [-0.2, 0) is 10.0 Å². The molecular weight excluding hydrogens is 339 g/mol. The van der Waals surface area contributed by atoms with E-state index >= 15 is 0 Å². The molecule has 3 N–H and O–H groups in total. The van der Waals surface area contributed by atoms with Crippen LogP contribution in [0.5, 0.6) is 0 Å². The van der Waals surface area contributed by atoms with E-state index in [1.165, 1.54) is 6.07 Å². The molecule has 0 spiro atoms. The van der Waals surface area contributed by atoms with Crippen molar-refractivity contribution in [3.63, 3.8) is 0 Å². The molecule has 1 aromatic carbocycles. The lowest BCUT2D eigenvalue weighted by Gasteiger charge is -2.08. The van der Waals surface area contributed by atoms with Gasteiger partial charge in [0, 0.05) is 17.6 Å². The lowest BCUT2D eigenvalue weighted by Crippen LogP contribution is -2.29. The number of benzene rings is 1. The van der Waals surface area contributed by atoms with Gasteiger partial charge in [-0.3, -0.25) is 0 Å². The van der Waals surface area contributed by atoms with Gasteiger partial charge in [-0.25, -0.2) is 13.1 Å². The van der Waals surface area contributed by atoms with E-state index in [2.05, 4.69) is 20.7 Å². The predicted molar refractivity (Wildman–Crippen MR) is 70.6 cm³/mol. The second-order valence-electron chi connectivity index (χ2n) is 2.74. The third kappa shape index (κ3) is 3.87. The molecule has 92 valence electrons. The minimum absolute atomic E-state index is 0. The van der Waals surface area contributed by atoms with Gasteiger partial charge in [0.15, 0.2) is 0 Å².